The molecule has 0 amide bonds. The average Bonchev–Trinajstić information content (AvgIpc) is 3.14. The molecule has 0 radical (unpaired) electrons. The van der Waals surface area contributed by atoms with Crippen LogP contribution in [0.5, 0.6) is 0 Å². The molecule has 1 aliphatic rings. The minimum atomic E-state index is -3.37. The zero-order chi connectivity index (χ0) is 22.2. The van der Waals surface area contributed by atoms with Gasteiger partial charge in [0.1, 0.15) is 5.82 Å². The van der Waals surface area contributed by atoms with Crippen molar-refractivity contribution in [3.05, 3.63) is 71.4 Å². The highest BCUT2D eigenvalue weighted by Gasteiger charge is 2.33. The quantitative estimate of drug-likeness (QED) is 0.629. The Hall–Kier alpha value is -2.58. The number of halogens is 1. The molecule has 1 N–H and O–H groups in total. The average molecular weight is 443 g/mol. The van der Waals surface area contributed by atoms with Gasteiger partial charge in [0.15, 0.2) is 0 Å². The topological polar surface area (TPSA) is 76.9 Å². The van der Waals surface area contributed by atoms with Gasteiger partial charge in [-0.25, -0.2) is 17.5 Å². The third-order valence-corrected chi connectivity index (χ3v) is 6.36. The van der Waals surface area contributed by atoms with Crippen LogP contribution in [0, 0.1) is 5.82 Å². The summed E-state index contributed by atoms with van der Waals surface area (Å²) in [5.74, 6) is -0.0219. The maximum Gasteiger partial charge on any atom is 0.209 e. The summed E-state index contributed by atoms with van der Waals surface area (Å²) in [6.07, 6.45) is 3.16. The van der Waals surface area contributed by atoms with Crippen LogP contribution in [0.1, 0.15) is 49.3 Å². The smallest absolute Gasteiger partial charge is 0.209 e. The molecule has 1 aromatic carbocycles. The minimum absolute atomic E-state index is 0.193. The Labute approximate surface area is 182 Å². The summed E-state index contributed by atoms with van der Waals surface area (Å²) in [6, 6.07) is 13.7. The highest BCUT2D eigenvalue weighted by molar-refractivity contribution is 7.88. The first kappa shape index (κ1) is 21.6. The number of nitrogens with one attached hydrogen (secondary N) is 1. The molecule has 0 spiro atoms. The van der Waals surface area contributed by atoms with Gasteiger partial charge in [0, 0.05) is 29.4 Å². The van der Waals surface area contributed by atoms with Gasteiger partial charge in [-0.3, -0.25) is 9.67 Å². The number of rotatable bonds is 6. The Morgan fingerprint density at radius 2 is 1.97 bits per heavy atom. The third kappa shape index (κ3) is 5.02. The molecule has 0 fully saturated rings. The fourth-order valence-corrected chi connectivity index (χ4v) is 4.96. The molecule has 0 saturated heterocycles. The molecule has 2 aromatic heterocycles. The van der Waals surface area contributed by atoms with Crippen molar-refractivity contribution in [1.82, 2.24) is 19.5 Å². The number of aryl methyl sites for hydroxylation is 1. The van der Waals surface area contributed by atoms with Crippen molar-refractivity contribution >= 4 is 10.0 Å². The van der Waals surface area contributed by atoms with E-state index in [1.54, 1.807) is 6.07 Å². The molecule has 0 aliphatic carbocycles. The lowest BCUT2D eigenvalue weighted by molar-refractivity contribution is 0.296. The van der Waals surface area contributed by atoms with Crippen molar-refractivity contribution in [3.63, 3.8) is 0 Å². The Kier molecular flexibility index (Phi) is 5.94. The summed E-state index contributed by atoms with van der Waals surface area (Å²) < 4.78 is 42.4. The first-order valence-corrected chi connectivity index (χ1v) is 12.4. The van der Waals surface area contributed by atoms with Crippen LogP contribution in [0.2, 0.25) is 0 Å². The Morgan fingerprint density at radius 1 is 1.19 bits per heavy atom. The van der Waals surface area contributed by atoms with E-state index in [0.717, 1.165) is 23.5 Å². The molecule has 1 aliphatic heterocycles. The van der Waals surface area contributed by atoms with Crippen LogP contribution >= 0.6 is 0 Å². The number of aromatic nitrogens is 3. The molecule has 0 bridgehead atoms. The first-order valence-electron chi connectivity index (χ1n) is 10.5. The fourth-order valence-electron chi connectivity index (χ4n) is 4.13. The number of hydrogen-bond acceptors (Lipinski definition) is 4. The van der Waals surface area contributed by atoms with E-state index in [1.807, 2.05) is 28.9 Å². The number of pyridine rings is 1. The number of fused-ring (bicyclic) bond motifs is 1. The number of benzene rings is 1. The zero-order valence-electron chi connectivity index (χ0n) is 17.9. The Bertz CT molecular complexity index is 1190. The summed E-state index contributed by atoms with van der Waals surface area (Å²) in [4.78, 5) is 4.74. The van der Waals surface area contributed by atoms with E-state index in [9.17, 15) is 12.8 Å². The molecule has 8 heteroatoms. The highest BCUT2D eigenvalue weighted by Crippen LogP contribution is 2.31. The van der Waals surface area contributed by atoms with Crippen LogP contribution in [-0.2, 0) is 22.9 Å². The Morgan fingerprint density at radius 3 is 2.68 bits per heavy atom. The van der Waals surface area contributed by atoms with E-state index >= 15 is 0 Å². The maximum atomic E-state index is 13.7. The van der Waals surface area contributed by atoms with Gasteiger partial charge >= 0.3 is 0 Å². The van der Waals surface area contributed by atoms with Crippen molar-refractivity contribution in [2.45, 2.75) is 51.1 Å². The SMILES string of the molecule is CC(C)c1cc2n(n1)C(Cc1cccc(-c3cccc(F)c3)n1)C(NS(C)(=O)=O)CC2. The predicted molar refractivity (Wildman–Crippen MR) is 119 cm³/mol. The van der Waals surface area contributed by atoms with Crippen LogP contribution in [0.25, 0.3) is 11.3 Å². The van der Waals surface area contributed by atoms with Gasteiger partial charge in [0.05, 0.1) is 23.7 Å². The molecule has 2 unspecified atom stereocenters. The number of hydrogen-bond donors (Lipinski definition) is 1. The minimum Gasteiger partial charge on any atom is -0.264 e. The fraction of sp³-hybridized carbons (Fsp3) is 0.391. The van der Waals surface area contributed by atoms with E-state index in [4.69, 9.17) is 10.1 Å². The third-order valence-electron chi connectivity index (χ3n) is 5.62. The van der Waals surface area contributed by atoms with E-state index < -0.39 is 10.0 Å². The van der Waals surface area contributed by atoms with Crippen LogP contribution in [0.15, 0.2) is 48.5 Å². The summed E-state index contributed by atoms with van der Waals surface area (Å²) in [7, 11) is -3.37. The molecule has 2 atom stereocenters. The summed E-state index contributed by atoms with van der Waals surface area (Å²) in [5.41, 5.74) is 4.31. The van der Waals surface area contributed by atoms with E-state index in [-0.39, 0.29) is 23.8 Å². The summed E-state index contributed by atoms with van der Waals surface area (Å²) in [6.45, 7) is 4.19. The molecule has 0 saturated carbocycles. The van der Waals surface area contributed by atoms with Crippen molar-refractivity contribution < 1.29 is 12.8 Å². The zero-order valence-corrected chi connectivity index (χ0v) is 18.7. The predicted octanol–water partition coefficient (Wildman–Crippen LogP) is 3.86. The van der Waals surface area contributed by atoms with E-state index in [2.05, 4.69) is 24.6 Å². The van der Waals surface area contributed by atoms with Crippen LogP contribution in [0.3, 0.4) is 0 Å². The van der Waals surface area contributed by atoms with Gasteiger partial charge in [-0.15, -0.1) is 0 Å². The van der Waals surface area contributed by atoms with E-state index in [0.29, 0.717) is 24.1 Å². The normalized spacial score (nSPS) is 18.9. The number of nitrogens with zero attached hydrogens (tertiary/aromatic N) is 3. The van der Waals surface area contributed by atoms with Crippen LogP contribution in [-0.4, -0.2) is 35.5 Å². The summed E-state index contributed by atoms with van der Waals surface area (Å²) in [5, 5.41) is 4.80. The molecular formula is C23H27FN4O2S. The van der Waals surface area contributed by atoms with Gasteiger partial charge < -0.3 is 0 Å². The first-order chi connectivity index (χ1) is 14.7. The van der Waals surface area contributed by atoms with E-state index in [1.165, 1.54) is 18.4 Å². The lowest BCUT2D eigenvalue weighted by atomic mass is 9.94. The molecule has 6 nitrogen and oxygen atoms in total. The van der Waals surface area contributed by atoms with Crippen molar-refractivity contribution in [2.75, 3.05) is 6.26 Å². The largest absolute Gasteiger partial charge is 0.264 e. The van der Waals surface area contributed by atoms with Gasteiger partial charge in [-0.2, -0.15) is 5.10 Å². The van der Waals surface area contributed by atoms with Crippen molar-refractivity contribution in [2.24, 2.45) is 0 Å². The molecule has 4 rings (SSSR count). The van der Waals surface area contributed by atoms with Crippen LogP contribution < -0.4 is 4.72 Å². The van der Waals surface area contributed by atoms with Crippen molar-refractivity contribution in [1.29, 1.82) is 0 Å². The van der Waals surface area contributed by atoms with Gasteiger partial charge in [-0.05, 0) is 49.1 Å². The van der Waals surface area contributed by atoms with Gasteiger partial charge in [-0.1, -0.05) is 32.0 Å². The monoisotopic (exact) mass is 442 g/mol. The maximum absolute atomic E-state index is 13.7. The second-order valence-electron chi connectivity index (χ2n) is 8.49. The summed E-state index contributed by atoms with van der Waals surface area (Å²) >= 11 is 0. The number of sulfonamides is 1. The second kappa shape index (κ2) is 8.51. The Balaban J connectivity index is 1.69. The van der Waals surface area contributed by atoms with Gasteiger partial charge in [0.25, 0.3) is 0 Å². The highest BCUT2D eigenvalue weighted by atomic mass is 32.2. The molecule has 31 heavy (non-hydrogen) atoms. The molecule has 164 valence electrons. The molecular weight excluding hydrogens is 415 g/mol. The lowest BCUT2D eigenvalue weighted by Crippen LogP contribution is -2.45. The molecule has 3 heterocycles. The van der Waals surface area contributed by atoms with Gasteiger partial charge in [0.2, 0.25) is 10.0 Å². The van der Waals surface area contributed by atoms with Crippen LogP contribution in [0.4, 0.5) is 4.39 Å². The molecule has 3 aromatic rings. The second-order valence-corrected chi connectivity index (χ2v) is 10.3. The standard InChI is InChI=1S/C23H27FN4O2S/c1-15(2)22-14-19-10-11-21(27-31(3,29)30)23(28(19)26-22)13-18-8-5-9-20(25-18)16-6-4-7-17(24)12-16/h4-9,12,14-15,21,23,27H,10-11,13H2,1-3H3. The van der Waals surface area contributed by atoms with Crippen molar-refractivity contribution in [3.8, 4) is 11.3 Å². The lowest BCUT2D eigenvalue weighted by Gasteiger charge is -2.33.